The molecule has 2 aliphatic rings. The molecule has 0 nitrogen and oxygen atoms in total. The first-order chi connectivity index (χ1) is 6.83. The molecule has 0 heteroatoms. The highest BCUT2D eigenvalue weighted by Crippen LogP contribution is 2.72. The van der Waals surface area contributed by atoms with Gasteiger partial charge in [0, 0.05) is 5.41 Å². The minimum absolute atomic E-state index is 0.600. The third-order valence-corrected chi connectivity index (χ3v) is 4.62. The third kappa shape index (κ3) is 0.945. The molecule has 0 radical (unpaired) electrons. The van der Waals surface area contributed by atoms with Crippen LogP contribution in [0.2, 0.25) is 0 Å². The molecule has 0 saturated heterocycles. The fourth-order valence-electron chi connectivity index (χ4n) is 3.33. The Morgan fingerprint density at radius 3 is 2.07 bits per heavy atom. The lowest BCUT2D eigenvalue weighted by Crippen LogP contribution is -2.21. The first-order valence-electron chi connectivity index (χ1n) is 5.89. The monoisotopic (exact) mass is 186 g/mol. The number of hydrogen-bond acceptors (Lipinski definition) is 0. The molecule has 1 aromatic carbocycles. The number of rotatable bonds is 3. The van der Waals surface area contributed by atoms with Gasteiger partial charge in [-0.25, -0.2) is 0 Å². The van der Waals surface area contributed by atoms with Crippen LogP contribution in [-0.2, 0) is 5.41 Å². The smallest absolute Gasteiger partial charge is 0.000993 e. The Hall–Kier alpha value is -0.780. The number of hydrogen-bond donors (Lipinski definition) is 0. The van der Waals surface area contributed by atoms with Crippen molar-refractivity contribution in [2.45, 2.75) is 44.4 Å². The van der Waals surface area contributed by atoms with Gasteiger partial charge in [0.2, 0.25) is 0 Å². The van der Waals surface area contributed by atoms with E-state index in [-0.39, 0.29) is 0 Å². The Bertz CT molecular complexity index is 328. The van der Waals surface area contributed by atoms with Crippen molar-refractivity contribution in [2.75, 3.05) is 0 Å². The summed E-state index contributed by atoms with van der Waals surface area (Å²) >= 11 is 0. The maximum absolute atomic E-state index is 2.37. The average molecular weight is 186 g/mol. The van der Waals surface area contributed by atoms with Gasteiger partial charge in [-0.1, -0.05) is 37.3 Å². The van der Waals surface area contributed by atoms with Gasteiger partial charge < -0.3 is 0 Å². The second-order valence-corrected chi connectivity index (χ2v) is 5.08. The Morgan fingerprint density at radius 2 is 1.64 bits per heavy atom. The fraction of sp³-hybridized carbons (Fsp3) is 0.571. The van der Waals surface area contributed by atoms with Gasteiger partial charge in [-0.05, 0) is 43.1 Å². The van der Waals surface area contributed by atoms with Gasteiger partial charge in [-0.15, -0.1) is 0 Å². The van der Waals surface area contributed by atoms with E-state index < -0.39 is 0 Å². The molecule has 0 atom stereocenters. The zero-order chi connectivity index (χ0) is 9.65. The molecule has 0 heterocycles. The molecule has 0 N–H and O–H groups in total. The second kappa shape index (κ2) is 2.62. The van der Waals surface area contributed by atoms with Gasteiger partial charge >= 0.3 is 0 Å². The number of benzene rings is 1. The van der Waals surface area contributed by atoms with E-state index in [1.54, 1.807) is 5.56 Å². The van der Waals surface area contributed by atoms with Gasteiger partial charge in [0.25, 0.3) is 0 Å². The molecule has 0 bridgehead atoms. The second-order valence-electron chi connectivity index (χ2n) is 5.08. The van der Waals surface area contributed by atoms with E-state index in [1.807, 2.05) is 0 Å². The highest BCUT2D eigenvalue weighted by atomic mass is 14.7. The van der Waals surface area contributed by atoms with Crippen molar-refractivity contribution in [3.63, 3.8) is 0 Å². The predicted molar refractivity (Wildman–Crippen MR) is 59.3 cm³/mol. The molecule has 3 rings (SSSR count). The standard InChI is InChI=1S/C14H18/c1-2-13(8-9-13)14(10-11-14)12-6-4-3-5-7-12/h3-7H,2,8-11H2,1H3. The summed E-state index contributed by atoms with van der Waals surface area (Å²) in [4.78, 5) is 0. The van der Waals surface area contributed by atoms with Crippen LogP contribution in [0.1, 0.15) is 44.6 Å². The molecule has 0 spiro atoms. The molecule has 1 aromatic rings. The lowest BCUT2D eigenvalue weighted by Gasteiger charge is -2.26. The zero-order valence-electron chi connectivity index (χ0n) is 8.92. The van der Waals surface area contributed by atoms with Gasteiger partial charge in [-0.3, -0.25) is 0 Å². The predicted octanol–water partition coefficient (Wildman–Crippen LogP) is 3.91. The summed E-state index contributed by atoms with van der Waals surface area (Å²) < 4.78 is 0. The SMILES string of the molecule is CCC1(C2(c3ccccc3)CC2)CC1. The highest BCUT2D eigenvalue weighted by molar-refractivity contribution is 5.37. The molecule has 0 aromatic heterocycles. The normalized spacial score (nSPS) is 25.8. The lowest BCUT2D eigenvalue weighted by molar-refractivity contribution is 0.365. The average Bonchev–Trinajstić information content (AvgIpc) is 3.13. The van der Waals surface area contributed by atoms with E-state index in [1.165, 1.54) is 32.1 Å². The maximum atomic E-state index is 2.37. The first kappa shape index (κ1) is 8.52. The Labute approximate surface area is 86.3 Å². The minimum atomic E-state index is 0.600. The quantitative estimate of drug-likeness (QED) is 0.671. The van der Waals surface area contributed by atoms with E-state index in [0.717, 1.165) is 0 Å². The van der Waals surface area contributed by atoms with Crippen LogP contribution in [0.4, 0.5) is 0 Å². The van der Waals surface area contributed by atoms with Crippen LogP contribution in [0.5, 0.6) is 0 Å². The molecule has 0 amide bonds. The molecule has 14 heavy (non-hydrogen) atoms. The van der Waals surface area contributed by atoms with Crippen LogP contribution in [-0.4, -0.2) is 0 Å². The summed E-state index contributed by atoms with van der Waals surface area (Å²) in [6, 6.07) is 11.2. The molecule has 2 saturated carbocycles. The molecule has 0 unspecified atom stereocenters. The summed E-state index contributed by atoms with van der Waals surface area (Å²) in [5.41, 5.74) is 2.91. The Kier molecular flexibility index (Phi) is 1.60. The van der Waals surface area contributed by atoms with Gasteiger partial charge in [-0.2, -0.15) is 0 Å². The van der Waals surface area contributed by atoms with Crippen LogP contribution in [0.15, 0.2) is 30.3 Å². The van der Waals surface area contributed by atoms with E-state index in [4.69, 9.17) is 0 Å². The summed E-state index contributed by atoms with van der Waals surface area (Å²) in [5, 5.41) is 0. The molecular weight excluding hydrogens is 168 g/mol. The minimum Gasteiger partial charge on any atom is -0.0648 e. The Morgan fingerprint density at radius 1 is 1.00 bits per heavy atom. The van der Waals surface area contributed by atoms with Crippen molar-refractivity contribution in [3.8, 4) is 0 Å². The van der Waals surface area contributed by atoms with Crippen molar-refractivity contribution in [3.05, 3.63) is 35.9 Å². The van der Waals surface area contributed by atoms with Crippen molar-refractivity contribution < 1.29 is 0 Å². The van der Waals surface area contributed by atoms with E-state index >= 15 is 0 Å². The maximum Gasteiger partial charge on any atom is 0.000993 e. The van der Waals surface area contributed by atoms with Crippen LogP contribution in [0.3, 0.4) is 0 Å². The van der Waals surface area contributed by atoms with Crippen LogP contribution >= 0.6 is 0 Å². The van der Waals surface area contributed by atoms with Crippen LogP contribution < -0.4 is 0 Å². The van der Waals surface area contributed by atoms with Crippen molar-refractivity contribution in [1.29, 1.82) is 0 Å². The largest absolute Gasteiger partial charge is 0.0648 e. The van der Waals surface area contributed by atoms with Crippen LogP contribution in [0.25, 0.3) is 0 Å². The van der Waals surface area contributed by atoms with Crippen molar-refractivity contribution in [1.82, 2.24) is 0 Å². The van der Waals surface area contributed by atoms with Crippen molar-refractivity contribution >= 4 is 0 Å². The molecule has 2 aliphatic carbocycles. The molecule has 74 valence electrons. The van der Waals surface area contributed by atoms with E-state index in [0.29, 0.717) is 10.8 Å². The Balaban J connectivity index is 1.98. The summed E-state index contributed by atoms with van der Waals surface area (Å²) in [6.45, 7) is 2.37. The zero-order valence-corrected chi connectivity index (χ0v) is 8.92. The third-order valence-electron chi connectivity index (χ3n) is 4.62. The lowest BCUT2D eigenvalue weighted by atomic mass is 9.78. The molecular formula is C14H18. The van der Waals surface area contributed by atoms with Gasteiger partial charge in [0.15, 0.2) is 0 Å². The summed E-state index contributed by atoms with van der Waals surface area (Å²) in [6.07, 6.45) is 7.19. The molecule has 0 aliphatic heterocycles. The fourth-order valence-corrected chi connectivity index (χ4v) is 3.33. The molecule has 2 fully saturated rings. The van der Waals surface area contributed by atoms with Gasteiger partial charge in [0.1, 0.15) is 0 Å². The van der Waals surface area contributed by atoms with E-state index in [9.17, 15) is 0 Å². The van der Waals surface area contributed by atoms with Crippen LogP contribution in [0, 0.1) is 5.41 Å². The highest BCUT2D eigenvalue weighted by Gasteiger charge is 2.64. The first-order valence-corrected chi connectivity index (χ1v) is 5.89. The summed E-state index contributed by atoms with van der Waals surface area (Å²) in [7, 11) is 0. The topological polar surface area (TPSA) is 0 Å². The van der Waals surface area contributed by atoms with Gasteiger partial charge in [0.05, 0.1) is 0 Å². The van der Waals surface area contributed by atoms with E-state index in [2.05, 4.69) is 37.3 Å². The summed E-state index contributed by atoms with van der Waals surface area (Å²) in [5.74, 6) is 0. The van der Waals surface area contributed by atoms with Crippen molar-refractivity contribution in [2.24, 2.45) is 5.41 Å².